The molecule has 0 aromatic rings. The van der Waals surface area contributed by atoms with Crippen LogP contribution < -0.4 is 5.32 Å². The van der Waals surface area contributed by atoms with Crippen molar-refractivity contribution in [1.82, 2.24) is 10.2 Å². The number of ether oxygens (including phenoxy) is 1. The Balaban J connectivity index is 2.19. The van der Waals surface area contributed by atoms with Crippen LogP contribution in [0.2, 0.25) is 0 Å². The first-order valence-corrected chi connectivity index (χ1v) is 7.59. The van der Waals surface area contributed by atoms with Crippen molar-refractivity contribution in [2.24, 2.45) is 0 Å². The smallest absolute Gasteiger partial charge is 0.103 e. The van der Waals surface area contributed by atoms with Crippen molar-refractivity contribution in [2.45, 2.75) is 58.0 Å². The average molecular weight is 267 g/mol. The number of nitriles is 1. The van der Waals surface area contributed by atoms with Crippen LogP contribution in [0.3, 0.4) is 0 Å². The third-order valence-electron chi connectivity index (χ3n) is 3.89. The van der Waals surface area contributed by atoms with Gasteiger partial charge in [0.2, 0.25) is 0 Å². The summed E-state index contributed by atoms with van der Waals surface area (Å²) in [5.74, 6) is 0. The number of hydrogen-bond donors (Lipinski definition) is 1. The third kappa shape index (κ3) is 5.90. The molecule has 0 spiro atoms. The highest BCUT2D eigenvalue weighted by atomic mass is 16.5. The van der Waals surface area contributed by atoms with Crippen LogP contribution in [0.1, 0.15) is 46.5 Å². The van der Waals surface area contributed by atoms with Crippen LogP contribution in [0.25, 0.3) is 0 Å². The highest BCUT2D eigenvalue weighted by Crippen LogP contribution is 2.14. The van der Waals surface area contributed by atoms with Crippen LogP contribution in [-0.2, 0) is 4.74 Å². The Morgan fingerprint density at radius 1 is 1.47 bits per heavy atom. The van der Waals surface area contributed by atoms with Gasteiger partial charge in [0.1, 0.15) is 5.54 Å². The monoisotopic (exact) mass is 267 g/mol. The minimum atomic E-state index is -0.355. The lowest BCUT2D eigenvalue weighted by atomic mass is 9.96. The molecule has 1 saturated heterocycles. The Hall–Kier alpha value is -0.630. The van der Waals surface area contributed by atoms with E-state index in [1.54, 1.807) is 0 Å². The highest BCUT2D eigenvalue weighted by molar-refractivity contribution is 5.03. The van der Waals surface area contributed by atoms with Crippen molar-refractivity contribution in [3.05, 3.63) is 0 Å². The fourth-order valence-corrected chi connectivity index (χ4v) is 2.47. The molecule has 2 atom stereocenters. The zero-order chi connectivity index (χ0) is 14.1. The van der Waals surface area contributed by atoms with Gasteiger partial charge in [-0.05, 0) is 52.6 Å². The molecular formula is C15H29N3O. The van der Waals surface area contributed by atoms with E-state index in [2.05, 4.69) is 30.1 Å². The molecule has 0 amide bonds. The van der Waals surface area contributed by atoms with Crippen molar-refractivity contribution in [1.29, 1.82) is 5.26 Å². The van der Waals surface area contributed by atoms with Crippen LogP contribution in [0.15, 0.2) is 0 Å². The van der Waals surface area contributed by atoms with Gasteiger partial charge in [-0.25, -0.2) is 0 Å². The van der Waals surface area contributed by atoms with Gasteiger partial charge in [-0.1, -0.05) is 6.92 Å². The number of nitrogens with one attached hydrogen (secondary N) is 1. The molecule has 19 heavy (non-hydrogen) atoms. The Morgan fingerprint density at radius 2 is 2.26 bits per heavy atom. The number of morpholine rings is 1. The molecule has 0 aliphatic carbocycles. The van der Waals surface area contributed by atoms with Crippen LogP contribution in [0.4, 0.5) is 0 Å². The van der Waals surface area contributed by atoms with Crippen LogP contribution in [0.5, 0.6) is 0 Å². The number of nitrogens with zero attached hydrogens (tertiary/aromatic N) is 2. The fourth-order valence-electron chi connectivity index (χ4n) is 2.47. The van der Waals surface area contributed by atoms with Crippen molar-refractivity contribution >= 4 is 0 Å². The number of rotatable bonds is 8. The van der Waals surface area contributed by atoms with Crippen molar-refractivity contribution < 1.29 is 4.74 Å². The van der Waals surface area contributed by atoms with E-state index < -0.39 is 0 Å². The molecule has 0 aromatic heterocycles. The average Bonchev–Trinajstić information content (AvgIpc) is 2.43. The van der Waals surface area contributed by atoms with Gasteiger partial charge in [-0.3, -0.25) is 10.2 Å². The van der Waals surface area contributed by atoms with Gasteiger partial charge >= 0.3 is 0 Å². The molecule has 110 valence electrons. The van der Waals surface area contributed by atoms with Gasteiger partial charge in [-0.2, -0.15) is 5.26 Å². The predicted molar refractivity (Wildman–Crippen MR) is 78.0 cm³/mol. The molecule has 0 bridgehead atoms. The Bertz CT molecular complexity index is 290. The molecule has 4 heteroatoms. The standard InChI is InChI=1S/C15H29N3O/c1-4-8-17-15(3,13-16)7-5-6-9-18-10-11-19-12-14(18)2/h14,17H,4-12H2,1-3H3. The molecule has 1 fully saturated rings. The van der Waals surface area contributed by atoms with Crippen LogP contribution >= 0.6 is 0 Å². The molecule has 0 saturated carbocycles. The van der Waals surface area contributed by atoms with E-state index >= 15 is 0 Å². The number of unbranched alkanes of at least 4 members (excludes halogenated alkanes) is 1. The van der Waals surface area contributed by atoms with E-state index in [1.165, 1.54) is 0 Å². The summed E-state index contributed by atoms with van der Waals surface area (Å²) in [6.07, 6.45) is 4.27. The lowest BCUT2D eigenvalue weighted by Crippen LogP contribution is -2.44. The first-order valence-electron chi connectivity index (χ1n) is 7.59. The maximum atomic E-state index is 9.26. The Labute approximate surface area is 118 Å². The first kappa shape index (κ1) is 16.4. The molecule has 0 radical (unpaired) electrons. The summed E-state index contributed by atoms with van der Waals surface area (Å²) in [5, 5.41) is 12.6. The van der Waals surface area contributed by atoms with Gasteiger partial charge in [0, 0.05) is 12.6 Å². The largest absolute Gasteiger partial charge is 0.379 e. The second-order valence-corrected chi connectivity index (χ2v) is 5.79. The quantitative estimate of drug-likeness (QED) is 0.685. The molecule has 0 aromatic carbocycles. The first-order chi connectivity index (χ1) is 9.11. The van der Waals surface area contributed by atoms with Gasteiger partial charge < -0.3 is 4.74 Å². The van der Waals surface area contributed by atoms with E-state index in [0.29, 0.717) is 6.04 Å². The summed E-state index contributed by atoms with van der Waals surface area (Å²) in [6, 6.07) is 2.95. The molecule has 1 heterocycles. The zero-order valence-electron chi connectivity index (χ0n) is 12.7. The van der Waals surface area contributed by atoms with E-state index in [-0.39, 0.29) is 5.54 Å². The molecule has 2 unspecified atom stereocenters. The van der Waals surface area contributed by atoms with Crippen LogP contribution in [-0.4, -0.2) is 49.3 Å². The summed E-state index contributed by atoms with van der Waals surface area (Å²) >= 11 is 0. The minimum absolute atomic E-state index is 0.355. The molecular weight excluding hydrogens is 238 g/mol. The molecule has 4 nitrogen and oxygen atoms in total. The van der Waals surface area contributed by atoms with Gasteiger partial charge in [-0.15, -0.1) is 0 Å². The summed E-state index contributed by atoms with van der Waals surface area (Å²) in [7, 11) is 0. The SMILES string of the molecule is CCCNC(C)(C#N)CCCCN1CCOCC1C. The second-order valence-electron chi connectivity index (χ2n) is 5.79. The maximum Gasteiger partial charge on any atom is 0.103 e. The van der Waals surface area contributed by atoms with Crippen LogP contribution in [0, 0.1) is 11.3 Å². The summed E-state index contributed by atoms with van der Waals surface area (Å²) in [5.41, 5.74) is -0.355. The predicted octanol–water partition coefficient (Wildman–Crippen LogP) is 2.16. The molecule has 1 N–H and O–H groups in total. The Morgan fingerprint density at radius 3 is 2.89 bits per heavy atom. The molecule has 1 aliphatic rings. The van der Waals surface area contributed by atoms with E-state index in [4.69, 9.17) is 4.74 Å². The summed E-state index contributed by atoms with van der Waals surface area (Å²) in [6.45, 7) is 11.2. The fraction of sp³-hybridized carbons (Fsp3) is 0.933. The van der Waals surface area contributed by atoms with Gasteiger partial charge in [0.25, 0.3) is 0 Å². The van der Waals surface area contributed by atoms with E-state index in [9.17, 15) is 5.26 Å². The highest BCUT2D eigenvalue weighted by Gasteiger charge is 2.22. The Kier molecular flexibility index (Phi) is 7.37. The lowest BCUT2D eigenvalue weighted by Gasteiger charge is -2.33. The van der Waals surface area contributed by atoms with Gasteiger partial charge in [0.05, 0.1) is 19.3 Å². The van der Waals surface area contributed by atoms with E-state index in [0.717, 1.165) is 58.5 Å². The van der Waals surface area contributed by atoms with Gasteiger partial charge in [0.15, 0.2) is 0 Å². The minimum Gasteiger partial charge on any atom is -0.379 e. The van der Waals surface area contributed by atoms with Crippen molar-refractivity contribution in [3.63, 3.8) is 0 Å². The molecule has 1 rings (SSSR count). The zero-order valence-corrected chi connectivity index (χ0v) is 12.7. The second kappa shape index (κ2) is 8.52. The third-order valence-corrected chi connectivity index (χ3v) is 3.89. The maximum absolute atomic E-state index is 9.26. The van der Waals surface area contributed by atoms with Crippen molar-refractivity contribution in [2.75, 3.05) is 32.8 Å². The van der Waals surface area contributed by atoms with Crippen molar-refractivity contribution in [3.8, 4) is 6.07 Å². The van der Waals surface area contributed by atoms with E-state index in [1.807, 2.05) is 6.92 Å². The normalized spacial score (nSPS) is 23.8. The summed E-state index contributed by atoms with van der Waals surface area (Å²) in [4.78, 5) is 2.49. The number of hydrogen-bond acceptors (Lipinski definition) is 4. The summed E-state index contributed by atoms with van der Waals surface area (Å²) < 4.78 is 5.44. The molecule has 1 aliphatic heterocycles. The topological polar surface area (TPSA) is 48.3 Å². The lowest BCUT2D eigenvalue weighted by molar-refractivity contribution is -0.00103.